The lowest BCUT2D eigenvalue weighted by molar-refractivity contribution is -0.182. The summed E-state index contributed by atoms with van der Waals surface area (Å²) in [5.74, 6) is -4.79. The molecule has 0 aromatic carbocycles. The van der Waals surface area contributed by atoms with Crippen LogP contribution in [0.5, 0.6) is 0 Å². The zero-order valence-corrected chi connectivity index (χ0v) is 27.0. The van der Waals surface area contributed by atoms with Crippen molar-refractivity contribution in [1.82, 2.24) is 29.2 Å². The van der Waals surface area contributed by atoms with Gasteiger partial charge in [-0.1, -0.05) is 17.7 Å². The van der Waals surface area contributed by atoms with E-state index in [1.165, 1.54) is 17.4 Å². The van der Waals surface area contributed by atoms with Gasteiger partial charge in [0.15, 0.2) is 18.0 Å². The van der Waals surface area contributed by atoms with E-state index in [1.807, 2.05) is 37.0 Å². The predicted octanol–water partition coefficient (Wildman–Crippen LogP) is 3.33. The number of imidazole rings is 1. The van der Waals surface area contributed by atoms with Crippen LogP contribution in [-0.4, -0.2) is 93.5 Å². The Kier molecular flexibility index (Phi) is 10.1. The summed E-state index contributed by atoms with van der Waals surface area (Å²) in [6, 6.07) is 5.40. The predicted molar refractivity (Wildman–Crippen MR) is 165 cm³/mol. The number of likely N-dealkylation sites (tertiary alicyclic amines) is 1. The van der Waals surface area contributed by atoms with E-state index in [9.17, 15) is 18.4 Å². The molecule has 1 spiro atoms. The number of aliphatic carboxylic acids is 2. The first kappa shape index (κ1) is 34.5. The number of nitrogens with zero attached hydrogens (tertiary/aromatic N) is 6. The zero-order valence-electron chi connectivity index (χ0n) is 25.4. The third-order valence-electron chi connectivity index (χ3n) is 8.25. The second-order valence-corrected chi connectivity index (χ2v) is 13.1. The molecule has 6 heterocycles. The van der Waals surface area contributed by atoms with Crippen molar-refractivity contribution in [2.24, 2.45) is 0 Å². The number of rotatable bonds is 8. The second-order valence-electron chi connectivity index (χ2n) is 11.4. The lowest BCUT2D eigenvalue weighted by Crippen LogP contribution is -2.48. The van der Waals surface area contributed by atoms with E-state index in [-0.39, 0.29) is 5.56 Å². The number of hydrogen-bond donors (Lipinski definition) is 4. The quantitative estimate of drug-likeness (QED) is 0.213. The van der Waals surface area contributed by atoms with Crippen LogP contribution in [0.3, 0.4) is 0 Å². The summed E-state index contributed by atoms with van der Waals surface area (Å²) in [5, 5.41) is 37.3. The number of ether oxygens (including phenoxy) is 1. The first-order valence-corrected chi connectivity index (χ1v) is 15.7. The normalized spacial score (nSPS) is 18.2. The number of aliphatic hydroxyl groups excluding tert-OH is 2. The summed E-state index contributed by atoms with van der Waals surface area (Å²) in [6.45, 7) is 6.24. The van der Waals surface area contributed by atoms with E-state index in [0.29, 0.717) is 28.6 Å². The van der Waals surface area contributed by atoms with Gasteiger partial charge in [0.05, 0.1) is 16.6 Å². The van der Waals surface area contributed by atoms with Gasteiger partial charge in [-0.3, -0.25) is 4.90 Å². The molecule has 4 aromatic heterocycles. The fourth-order valence-electron chi connectivity index (χ4n) is 5.57. The second kappa shape index (κ2) is 13.7. The van der Waals surface area contributed by atoms with Crippen molar-refractivity contribution in [1.29, 1.82) is 0 Å². The van der Waals surface area contributed by atoms with Crippen LogP contribution >= 0.6 is 22.9 Å². The van der Waals surface area contributed by atoms with Crippen molar-refractivity contribution in [2.75, 3.05) is 19.7 Å². The fourth-order valence-corrected chi connectivity index (χ4v) is 7.05. The number of hydrogen-bond acceptors (Lipinski definition) is 10. The molecular formula is C30H33ClF2N6O7S. The summed E-state index contributed by atoms with van der Waals surface area (Å²) < 4.78 is 39.1. The maximum absolute atomic E-state index is 14.4. The van der Waals surface area contributed by atoms with Crippen molar-refractivity contribution in [2.45, 2.75) is 63.5 Å². The number of halogens is 3. The summed E-state index contributed by atoms with van der Waals surface area (Å²) in [4.78, 5) is 31.4. The van der Waals surface area contributed by atoms with Gasteiger partial charge in [0.2, 0.25) is 0 Å². The van der Waals surface area contributed by atoms with Crippen LogP contribution in [0.4, 0.5) is 8.78 Å². The number of carboxylic acid groups (broad SMARTS) is 2. The molecule has 252 valence electrons. The molecule has 13 nitrogen and oxygen atoms in total. The molecule has 2 atom stereocenters. The van der Waals surface area contributed by atoms with Crippen LogP contribution in [0.25, 0.3) is 5.82 Å². The fraction of sp³-hybridized carbons (Fsp3) is 0.433. The SMILES string of the molecule is Cc1nn(-c2ncccc2Cn2ccnc2C)cc1CN1CCC2(CC1)OCC(F)(F)c1cc(Cl)sc12.O=C(O)[C@H](O)[C@@H](O)C(=O)O. The van der Waals surface area contributed by atoms with E-state index < -0.39 is 42.3 Å². The Balaban J connectivity index is 0.000000378. The van der Waals surface area contributed by atoms with Crippen LogP contribution in [-0.2, 0) is 38.9 Å². The first-order chi connectivity index (χ1) is 22.2. The molecule has 0 saturated carbocycles. The number of carboxylic acids is 2. The van der Waals surface area contributed by atoms with Crippen molar-refractivity contribution < 1.29 is 43.5 Å². The summed E-state index contributed by atoms with van der Waals surface area (Å²) >= 11 is 7.37. The lowest BCUT2D eigenvalue weighted by atomic mass is 9.84. The summed E-state index contributed by atoms with van der Waals surface area (Å²) in [7, 11) is 0. The third kappa shape index (κ3) is 7.37. The Morgan fingerprint density at radius 2 is 1.74 bits per heavy atom. The maximum Gasteiger partial charge on any atom is 0.335 e. The molecule has 0 radical (unpaired) electrons. The Hall–Kier alpha value is -3.80. The molecular weight excluding hydrogens is 662 g/mol. The van der Waals surface area contributed by atoms with Crippen molar-refractivity contribution in [3.8, 4) is 5.82 Å². The molecule has 1 saturated heterocycles. The molecule has 2 aliphatic rings. The zero-order chi connectivity index (χ0) is 34.1. The van der Waals surface area contributed by atoms with E-state index in [4.69, 9.17) is 41.9 Å². The largest absolute Gasteiger partial charge is 0.479 e. The van der Waals surface area contributed by atoms with Crippen LogP contribution in [0.2, 0.25) is 4.34 Å². The highest BCUT2D eigenvalue weighted by molar-refractivity contribution is 7.16. The van der Waals surface area contributed by atoms with Crippen LogP contribution < -0.4 is 0 Å². The average molecular weight is 695 g/mol. The molecule has 6 rings (SSSR count). The van der Waals surface area contributed by atoms with E-state index in [0.717, 1.165) is 48.1 Å². The Bertz CT molecular complexity index is 1740. The molecule has 2 aliphatic heterocycles. The van der Waals surface area contributed by atoms with Crippen molar-refractivity contribution in [3.05, 3.63) is 80.4 Å². The molecule has 4 aromatic rings. The van der Waals surface area contributed by atoms with Gasteiger partial charge >= 0.3 is 11.9 Å². The lowest BCUT2D eigenvalue weighted by Gasteiger charge is -2.45. The highest BCUT2D eigenvalue weighted by atomic mass is 35.5. The van der Waals surface area contributed by atoms with Gasteiger partial charge in [0.1, 0.15) is 18.0 Å². The van der Waals surface area contributed by atoms with Gasteiger partial charge in [0.25, 0.3) is 5.92 Å². The first-order valence-electron chi connectivity index (χ1n) is 14.5. The van der Waals surface area contributed by atoms with Crippen LogP contribution in [0.1, 0.15) is 45.9 Å². The molecule has 0 unspecified atom stereocenters. The van der Waals surface area contributed by atoms with Crippen LogP contribution in [0, 0.1) is 13.8 Å². The maximum atomic E-state index is 14.4. The minimum Gasteiger partial charge on any atom is -0.479 e. The Morgan fingerprint density at radius 3 is 2.36 bits per heavy atom. The molecule has 1 fully saturated rings. The number of aliphatic hydroxyl groups is 2. The third-order valence-corrected chi connectivity index (χ3v) is 9.70. The van der Waals surface area contributed by atoms with Gasteiger partial charge in [0, 0.05) is 66.0 Å². The topological polar surface area (TPSA) is 176 Å². The van der Waals surface area contributed by atoms with Gasteiger partial charge in [-0.2, -0.15) is 13.9 Å². The van der Waals surface area contributed by atoms with Crippen molar-refractivity contribution in [3.63, 3.8) is 0 Å². The highest BCUT2D eigenvalue weighted by Crippen LogP contribution is 2.52. The Labute approximate surface area is 276 Å². The molecule has 47 heavy (non-hydrogen) atoms. The standard InChI is InChI=1S/C26H27ClF2N6OS.C4H6O6/c1-17-20(15-35(32-17)24-19(4-3-7-31-24)14-34-11-8-30-18(34)2)13-33-9-5-25(6-10-33)23-21(12-22(27)37-23)26(28,29)16-36-25;5-1(3(7)8)2(6)4(9)10/h3-4,7-8,11-12,15H,5-6,9-10,13-14,16H2,1-2H3;1-2,5-6H,(H,7,8)(H,9,10)/t;1-,2-/m.1/s1. The number of carbonyl (C=O) groups is 2. The number of fused-ring (bicyclic) bond motifs is 2. The van der Waals surface area contributed by atoms with E-state index >= 15 is 0 Å². The van der Waals surface area contributed by atoms with Crippen LogP contribution in [0.15, 0.2) is 43.0 Å². The minimum atomic E-state index is -2.99. The summed E-state index contributed by atoms with van der Waals surface area (Å²) in [5.41, 5.74) is 2.46. The van der Waals surface area contributed by atoms with E-state index in [2.05, 4.69) is 25.5 Å². The molecule has 0 bridgehead atoms. The molecule has 0 amide bonds. The molecule has 17 heteroatoms. The number of aryl methyl sites for hydroxylation is 2. The number of pyridine rings is 1. The molecule has 4 N–H and O–H groups in total. The number of piperidine rings is 1. The number of aromatic nitrogens is 5. The number of alkyl halides is 2. The van der Waals surface area contributed by atoms with E-state index in [1.54, 1.807) is 12.4 Å². The van der Waals surface area contributed by atoms with Gasteiger partial charge < -0.3 is 29.7 Å². The van der Waals surface area contributed by atoms with Gasteiger partial charge in [-0.05, 0) is 38.8 Å². The van der Waals surface area contributed by atoms with Crippen molar-refractivity contribution >= 4 is 34.9 Å². The monoisotopic (exact) mass is 694 g/mol. The summed E-state index contributed by atoms with van der Waals surface area (Å²) in [6.07, 6.45) is 4.33. The Morgan fingerprint density at radius 1 is 1.06 bits per heavy atom. The van der Waals surface area contributed by atoms with Gasteiger partial charge in [-0.15, -0.1) is 11.3 Å². The number of thiophene rings is 1. The average Bonchev–Trinajstić information content (AvgIpc) is 3.75. The molecule has 0 aliphatic carbocycles. The highest BCUT2D eigenvalue weighted by Gasteiger charge is 2.51. The van der Waals surface area contributed by atoms with Gasteiger partial charge in [-0.25, -0.2) is 24.2 Å². The minimum absolute atomic E-state index is 0.0383. The smallest absolute Gasteiger partial charge is 0.335 e.